The first-order valence-corrected chi connectivity index (χ1v) is 7.53. The van der Waals surface area contributed by atoms with Crippen molar-refractivity contribution in [2.24, 2.45) is 5.73 Å². The van der Waals surface area contributed by atoms with Crippen molar-refractivity contribution in [1.82, 2.24) is 0 Å². The van der Waals surface area contributed by atoms with E-state index in [1.54, 1.807) is 7.11 Å². The van der Waals surface area contributed by atoms with Gasteiger partial charge in [-0.25, -0.2) is 8.78 Å². The normalized spacial score (nSPS) is 12.0. The van der Waals surface area contributed by atoms with E-state index in [1.807, 2.05) is 25.1 Å². The summed E-state index contributed by atoms with van der Waals surface area (Å²) in [6.07, 6.45) is 0.486. The van der Waals surface area contributed by atoms with E-state index in [4.69, 9.17) is 15.2 Å². The van der Waals surface area contributed by atoms with E-state index in [-0.39, 0.29) is 12.5 Å². The lowest BCUT2D eigenvalue weighted by Crippen LogP contribution is -2.16. The van der Waals surface area contributed by atoms with Gasteiger partial charge in [-0.2, -0.15) is 0 Å². The van der Waals surface area contributed by atoms with Crippen molar-refractivity contribution >= 4 is 0 Å². The SMILES string of the molecule is CCOc1ccc(CC(CN)c2cc(F)ccc2F)cc1OC. The van der Waals surface area contributed by atoms with Crippen LogP contribution in [0.4, 0.5) is 8.78 Å². The Kier molecular flexibility index (Phi) is 5.93. The molecule has 2 aromatic carbocycles. The fourth-order valence-electron chi connectivity index (χ4n) is 2.55. The molecule has 0 aliphatic heterocycles. The molecule has 0 aromatic heterocycles. The number of ether oxygens (including phenoxy) is 2. The predicted molar refractivity (Wildman–Crippen MR) is 86.0 cm³/mol. The van der Waals surface area contributed by atoms with Crippen LogP contribution in [0.25, 0.3) is 0 Å². The number of halogens is 2. The third-order valence-electron chi connectivity index (χ3n) is 3.69. The summed E-state index contributed by atoms with van der Waals surface area (Å²) >= 11 is 0. The summed E-state index contributed by atoms with van der Waals surface area (Å²) in [5.74, 6) is 0.0389. The molecular formula is C18H21F2NO2. The van der Waals surface area contributed by atoms with Gasteiger partial charge in [0, 0.05) is 5.92 Å². The summed E-state index contributed by atoms with van der Waals surface area (Å²) < 4.78 is 38.1. The number of methoxy groups -OCH3 is 1. The standard InChI is InChI=1S/C18H21F2NO2/c1-3-23-17-7-4-12(9-18(17)22-2)8-13(11-21)15-10-14(19)5-6-16(15)20/h4-7,9-10,13H,3,8,11,21H2,1-2H3. The van der Waals surface area contributed by atoms with Gasteiger partial charge >= 0.3 is 0 Å². The van der Waals surface area contributed by atoms with Crippen molar-refractivity contribution in [3.05, 3.63) is 59.2 Å². The van der Waals surface area contributed by atoms with Crippen LogP contribution in [-0.4, -0.2) is 20.3 Å². The smallest absolute Gasteiger partial charge is 0.161 e. The average Bonchev–Trinajstić information content (AvgIpc) is 2.56. The van der Waals surface area contributed by atoms with Crippen LogP contribution in [0, 0.1) is 11.6 Å². The third kappa shape index (κ3) is 4.20. The second-order valence-corrected chi connectivity index (χ2v) is 5.22. The molecule has 3 nitrogen and oxygen atoms in total. The van der Waals surface area contributed by atoms with Gasteiger partial charge in [0.2, 0.25) is 0 Å². The Morgan fingerprint density at radius 1 is 1.09 bits per heavy atom. The van der Waals surface area contributed by atoms with Crippen molar-refractivity contribution in [2.75, 3.05) is 20.3 Å². The molecule has 5 heteroatoms. The summed E-state index contributed by atoms with van der Waals surface area (Å²) in [5, 5.41) is 0. The molecule has 0 bridgehead atoms. The van der Waals surface area contributed by atoms with Gasteiger partial charge in [-0.3, -0.25) is 0 Å². The zero-order chi connectivity index (χ0) is 16.8. The molecule has 0 amide bonds. The molecule has 0 heterocycles. The highest BCUT2D eigenvalue weighted by atomic mass is 19.1. The molecule has 1 unspecified atom stereocenters. The predicted octanol–water partition coefficient (Wildman–Crippen LogP) is 3.66. The molecule has 0 spiro atoms. The Morgan fingerprint density at radius 2 is 1.87 bits per heavy atom. The molecule has 0 saturated carbocycles. The lowest BCUT2D eigenvalue weighted by molar-refractivity contribution is 0.310. The zero-order valence-electron chi connectivity index (χ0n) is 13.3. The molecule has 0 fully saturated rings. The van der Waals surface area contributed by atoms with Crippen LogP contribution in [0.5, 0.6) is 11.5 Å². The highest BCUT2D eigenvalue weighted by Crippen LogP contribution is 2.31. The maximum absolute atomic E-state index is 14.0. The molecule has 2 rings (SSSR count). The van der Waals surface area contributed by atoms with Gasteiger partial charge in [-0.05, 0) is 61.3 Å². The first-order valence-electron chi connectivity index (χ1n) is 7.53. The van der Waals surface area contributed by atoms with Crippen LogP contribution in [0.1, 0.15) is 24.0 Å². The summed E-state index contributed by atoms with van der Waals surface area (Å²) in [5.41, 5.74) is 6.99. The highest BCUT2D eigenvalue weighted by Gasteiger charge is 2.17. The minimum absolute atomic E-state index is 0.218. The van der Waals surface area contributed by atoms with Crippen LogP contribution < -0.4 is 15.2 Å². The molecule has 0 aliphatic carbocycles. The Labute approximate surface area is 135 Å². The molecule has 124 valence electrons. The monoisotopic (exact) mass is 321 g/mol. The van der Waals surface area contributed by atoms with Crippen LogP contribution in [0.2, 0.25) is 0 Å². The maximum Gasteiger partial charge on any atom is 0.161 e. The molecular weight excluding hydrogens is 300 g/mol. The van der Waals surface area contributed by atoms with Crippen LogP contribution >= 0.6 is 0 Å². The van der Waals surface area contributed by atoms with Crippen LogP contribution in [-0.2, 0) is 6.42 Å². The minimum Gasteiger partial charge on any atom is -0.493 e. The second-order valence-electron chi connectivity index (χ2n) is 5.22. The molecule has 1 atom stereocenters. The van der Waals surface area contributed by atoms with Crippen molar-refractivity contribution in [2.45, 2.75) is 19.3 Å². The fourth-order valence-corrected chi connectivity index (χ4v) is 2.55. The number of nitrogens with two attached hydrogens (primary N) is 1. The quantitative estimate of drug-likeness (QED) is 0.846. The second kappa shape index (κ2) is 7.92. The van der Waals surface area contributed by atoms with Gasteiger partial charge in [0.15, 0.2) is 11.5 Å². The number of benzene rings is 2. The number of hydrogen-bond acceptors (Lipinski definition) is 3. The van der Waals surface area contributed by atoms with Gasteiger partial charge in [-0.15, -0.1) is 0 Å². The third-order valence-corrected chi connectivity index (χ3v) is 3.69. The van der Waals surface area contributed by atoms with Crippen molar-refractivity contribution in [3.8, 4) is 11.5 Å². The molecule has 0 radical (unpaired) electrons. The Balaban J connectivity index is 2.26. The topological polar surface area (TPSA) is 44.5 Å². The number of hydrogen-bond donors (Lipinski definition) is 1. The molecule has 0 saturated heterocycles. The van der Waals surface area contributed by atoms with Crippen LogP contribution in [0.15, 0.2) is 36.4 Å². The molecule has 23 heavy (non-hydrogen) atoms. The first-order chi connectivity index (χ1) is 11.1. The maximum atomic E-state index is 14.0. The fraction of sp³-hybridized carbons (Fsp3) is 0.333. The molecule has 2 aromatic rings. The lowest BCUT2D eigenvalue weighted by atomic mass is 9.91. The summed E-state index contributed by atoms with van der Waals surface area (Å²) in [7, 11) is 1.56. The minimum atomic E-state index is -0.468. The lowest BCUT2D eigenvalue weighted by Gasteiger charge is -2.17. The first kappa shape index (κ1) is 17.2. The molecule has 2 N–H and O–H groups in total. The van der Waals surface area contributed by atoms with Gasteiger partial charge in [0.05, 0.1) is 13.7 Å². The van der Waals surface area contributed by atoms with E-state index in [0.717, 1.165) is 17.7 Å². The van der Waals surface area contributed by atoms with Gasteiger partial charge < -0.3 is 15.2 Å². The average molecular weight is 321 g/mol. The van der Waals surface area contributed by atoms with Gasteiger partial charge in [0.1, 0.15) is 11.6 Å². The highest BCUT2D eigenvalue weighted by molar-refractivity contribution is 5.43. The Morgan fingerprint density at radius 3 is 2.52 bits per heavy atom. The van der Waals surface area contributed by atoms with Gasteiger partial charge in [-0.1, -0.05) is 6.07 Å². The van der Waals surface area contributed by atoms with E-state index in [0.29, 0.717) is 30.1 Å². The summed E-state index contributed by atoms with van der Waals surface area (Å²) in [6.45, 7) is 2.65. The summed E-state index contributed by atoms with van der Waals surface area (Å²) in [4.78, 5) is 0. The van der Waals surface area contributed by atoms with Crippen LogP contribution in [0.3, 0.4) is 0 Å². The van der Waals surface area contributed by atoms with E-state index >= 15 is 0 Å². The van der Waals surface area contributed by atoms with Crippen molar-refractivity contribution < 1.29 is 18.3 Å². The van der Waals surface area contributed by atoms with E-state index in [9.17, 15) is 8.78 Å². The number of rotatable bonds is 7. The molecule has 0 aliphatic rings. The zero-order valence-corrected chi connectivity index (χ0v) is 13.3. The van der Waals surface area contributed by atoms with E-state index in [2.05, 4.69) is 0 Å². The van der Waals surface area contributed by atoms with Gasteiger partial charge in [0.25, 0.3) is 0 Å². The Hall–Kier alpha value is -2.14. The summed E-state index contributed by atoms with van der Waals surface area (Å²) in [6, 6.07) is 8.97. The largest absolute Gasteiger partial charge is 0.493 e. The van der Waals surface area contributed by atoms with E-state index in [1.165, 1.54) is 6.07 Å². The van der Waals surface area contributed by atoms with E-state index < -0.39 is 11.6 Å². The van der Waals surface area contributed by atoms with Crippen molar-refractivity contribution in [3.63, 3.8) is 0 Å². The van der Waals surface area contributed by atoms with Crippen molar-refractivity contribution in [1.29, 1.82) is 0 Å². The Bertz CT molecular complexity index is 661.